The molecular weight excluding hydrogens is 795 g/mol. The van der Waals surface area contributed by atoms with E-state index in [1.807, 2.05) is 0 Å². The van der Waals surface area contributed by atoms with Gasteiger partial charge in [0.25, 0.3) is 0 Å². The fraction of sp³-hybridized carbons (Fsp3) is 0.703. The first-order chi connectivity index (χ1) is 27.9. The summed E-state index contributed by atoms with van der Waals surface area (Å²) in [6.45, 7) is 3.27. The van der Waals surface area contributed by atoms with Gasteiger partial charge < -0.3 is 56.4 Å². The summed E-state index contributed by atoms with van der Waals surface area (Å²) >= 11 is 0. The summed E-state index contributed by atoms with van der Waals surface area (Å²) in [5.74, 6) is -10.5. The van der Waals surface area contributed by atoms with Crippen molar-refractivity contribution in [3.05, 3.63) is 23.3 Å². The standard InChI is InChI=1S/C37H61F4N6O10P/c38-31-32(39)35(34(41)36(58)33(31)40)57-30(51)12-18-53-20-22-55-24-25-56-23-21-54-19-17-46-37(52)26(8-3-6-15-44-27(48)9-1-4-13-42)47-29(50)11-7-16-45-28(49)10-2-5-14-43/h26H,1-25,42-43,58H2,(H,44,48)(H,45,49)(H,46,52)(H,47,50). The number of hydrogen-bond donors (Lipinski definition) is 6. The first kappa shape index (κ1) is 52.5. The fourth-order valence-corrected chi connectivity index (χ4v) is 5.18. The van der Waals surface area contributed by atoms with Crippen LogP contribution in [0.2, 0.25) is 0 Å². The average Bonchev–Trinajstić information content (AvgIpc) is 3.20. The molecule has 0 heterocycles. The Kier molecular flexibility index (Phi) is 30.2. The number of amides is 4. The van der Waals surface area contributed by atoms with E-state index in [-0.39, 0.29) is 89.4 Å². The van der Waals surface area contributed by atoms with Crippen LogP contribution in [0.3, 0.4) is 0 Å². The minimum atomic E-state index is -1.96. The van der Waals surface area contributed by atoms with E-state index >= 15 is 0 Å². The SMILES string of the molecule is NCCCCC(=O)NCCCCC(NC(=O)CCCNC(=O)CCCCN)C(=O)NCCOCCOCCOCCOCCC(=O)Oc1c(F)c(F)c(F)c(P)c1F. The molecule has 1 aromatic rings. The molecule has 1 rings (SSSR count). The molecule has 0 saturated carbocycles. The highest BCUT2D eigenvalue weighted by molar-refractivity contribution is 7.27. The van der Waals surface area contributed by atoms with Gasteiger partial charge in [-0.25, -0.2) is 13.2 Å². The molecule has 0 aliphatic carbocycles. The van der Waals surface area contributed by atoms with Crippen LogP contribution in [0.4, 0.5) is 17.6 Å². The summed E-state index contributed by atoms with van der Waals surface area (Å²) in [6, 6.07) is -0.788. The number of esters is 1. The largest absolute Gasteiger partial charge is 0.420 e. The number of carbonyl (C=O) groups is 5. The Balaban J connectivity index is 2.23. The molecule has 1 aromatic carbocycles. The number of hydrogen-bond acceptors (Lipinski definition) is 12. The van der Waals surface area contributed by atoms with Crippen molar-refractivity contribution in [1.29, 1.82) is 0 Å². The zero-order valence-corrected chi connectivity index (χ0v) is 34.2. The molecule has 2 unspecified atom stereocenters. The molecule has 21 heteroatoms. The van der Waals surface area contributed by atoms with Gasteiger partial charge in [0.05, 0.1) is 59.3 Å². The predicted molar refractivity (Wildman–Crippen MR) is 209 cm³/mol. The van der Waals surface area contributed by atoms with Crippen molar-refractivity contribution in [3.8, 4) is 5.75 Å². The van der Waals surface area contributed by atoms with Gasteiger partial charge in [-0.2, -0.15) is 4.39 Å². The molecule has 58 heavy (non-hydrogen) atoms. The van der Waals surface area contributed by atoms with Crippen molar-refractivity contribution in [1.82, 2.24) is 21.3 Å². The van der Waals surface area contributed by atoms with Gasteiger partial charge in [-0.15, -0.1) is 0 Å². The molecule has 16 nitrogen and oxygen atoms in total. The summed E-state index contributed by atoms with van der Waals surface area (Å²) in [5, 5.41) is 10.3. The Bertz CT molecular complexity index is 1360. The van der Waals surface area contributed by atoms with Crippen LogP contribution in [0.1, 0.15) is 77.0 Å². The van der Waals surface area contributed by atoms with Crippen molar-refractivity contribution < 1.29 is 65.2 Å². The number of rotatable bonds is 35. The van der Waals surface area contributed by atoms with Gasteiger partial charge in [-0.1, -0.05) is 9.24 Å². The predicted octanol–water partition coefficient (Wildman–Crippen LogP) is 1.15. The molecule has 0 radical (unpaired) electrons. The van der Waals surface area contributed by atoms with E-state index in [2.05, 4.69) is 26.0 Å². The maximum atomic E-state index is 14.0. The van der Waals surface area contributed by atoms with E-state index in [1.54, 1.807) is 9.24 Å². The molecular formula is C37H61F4N6O10P. The van der Waals surface area contributed by atoms with E-state index in [4.69, 9.17) is 30.4 Å². The van der Waals surface area contributed by atoms with Crippen LogP contribution in [-0.2, 0) is 42.9 Å². The Hall–Kier alpha value is -3.52. The number of nitrogens with two attached hydrogens (primary N) is 2. The first-order valence-corrected chi connectivity index (χ1v) is 20.1. The van der Waals surface area contributed by atoms with Crippen LogP contribution >= 0.6 is 9.24 Å². The monoisotopic (exact) mass is 856 g/mol. The number of carbonyl (C=O) groups excluding carboxylic acids is 5. The van der Waals surface area contributed by atoms with Crippen LogP contribution in [0.5, 0.6) is 5.75 Å². The van der Waals surface area contributed by atoms with E-state index in [1.165, 1.54) is 0 Å². The molecule has 0 spiro atoms. The van der Waals surface area contributed by atoms with E-state index in [0.29, 0.717) is 71.1 Å². The molecule has 0 fully saturated rings. The normalized spacial score (nSPS) is 11.6. The van der Waals surface area contributed by atoms with Crippen LogP contribution in [0.15, 0.2) is 0 Å². The lowest BCUT2D eigenvalue weighted by molar-refractivity contribution is -0.136. The highest BCUT2D eigenvalue weighted by atomic mass is 31.0. The summed E-state index contributed by atoms with van der Waals surface area (Å²) in [7, 11) is 1.57. The van der Waals surface area contributed by atoms with E-state index in [9.17, 15) is 41.5 Å². The van der Waals surface area contributed by atoms with Gasteiger partial charge >= 0.3 is 5.97 Å². The second kappa shape index (κ2) is 33.3. The van der Waals surface area contributed by atoms with Gasteiger partial charge in [0.15, 0.2) is 17.5 Å². The summed E-state index contributed by atoms with van der Waals surface area (Å²) in [6.07, 6.45) is 5.45. The second-order valence-corrected chi connectivity index (χ2v) is 13.5. The summed E-state index contributed by atoms with van der Waals surface area (Å²) in [5.41, 5.74) is 10.9. The Morgan fingerprint density at radius 2 is 1.05 bits per heavy atom. The third kappa shape index (κ3) is 24.4. The number of nitrogens with one attached hydrogen (secondary N) is 4. The minimum absolute atomic E-state index is 0.0524. The third-order valence-corrected chi connectivity index (χ3v) is 8.60. The van der Waals surface area contributed by atoms with Gasteiger partial charge in [-0.05, 0) is 64.5 Å². The maximum Gasteiger partial charge on any atom is 0.313 e. The number of ether oxygens (including phenoxy) is 5. The lowest BCUT2D eigenvalue weighted by Crippen LogP contribution is -2.47. The van der Waals surface area contributed by atoms with Gasteiger partial charge in [0.2, 0.25) is 35.2 Å². The molecule has 0 aromatic heterocycles. The number of benzene rings is 1. The van der Waals surface area contributed by atoms with Gasteiger partial charge in [0.1, 0.15) is 6.04 Å². The van der Waals surface area contributed by atoms with Crippen LogP contribution < -0.4 is 42.8 Å². The van der Waals surface area contributed by atoms with Crippen LogP contribution in [0.25, 0.3) is 0 Å². The molecule has 0 bridgehead atoms. The van der Waals surface area contributed by atoms with Crippen molar-refractivity contribution >= 4 is 44.1 Å². The average molecular weight is 857 g/mol. The first-order valence-electron chi connectivity index (χ1n) is 19.6. The molecule has 8 N–H and O–H groups in total. The minimum Gasteiger partial charge on any atom is -0.420 e. The highest BCUT2D eigenvalue weighted by Crippen LogP contribution is 2.26. The molecule has 4 amide bonds. The Morgan fingerprint density at radius 1 is 0.534 bits per heavy atom. The fourth-order valence-electron chi connectivity index (χ4n) is 4.92. The van der Waals surface area contributed by atoms with Gasteiger partial charge in [-0.3, -0.25) is 24.0 Å². The van der Waals surface area contributed by atoms with E-state index in [0.717, 1.165) is 19.3 Å². The second-order valence-electron chi connectivity index (χ2n) is 12.9. The maximum absolute atomic E-state index is 14.0. The van der Waals surface area contributed by atoms with Crippen molar-refractivity contribution in [2.75, 3.05) is 85.6 Å². The highest BCUT2D eigenvalue weighted by Gasteiger charge is 2.26. The smallest absolute Gasteiger partial charge is 0.313 e. The lowest BCUT2D eigenvalue weighted by atomic mass is 10.1. The van der Waals surface area contributed by atoms with Crippen molar-refractivity contribution in [2.45, 2.75) is 83.1 Å². The number of unbranched alkanes of at least 4 members (excludes halogenated alkanes) is 3. The molecule has 0 aliphatic rings. The summed E-state index contributed by atoms with van der Waals surface area (Å²) in [4.78, 5) is 61.2. The van der Waals surface area contributed by atoms with Gasteiger partial charge in [0, 0.05) is 44.2 Å². The Labute approximate surface area is 339 Å². The van der Waals surface area contributed by atoms with Crippen LogP contribution in [-0.4, -0.2) is 121 Å². The molecule has 2 atom stereocenters. The molecule has 0 saturated heterocycles. The topological polar surface area (TPSA) is 232 Å². The zero-order chi connectivity index (χ0) is 43.0. The zero-order valence-electron chi connectivity index (χ0n) is 33.1. The molecule has 0 aliphatic heterocycles. The molecule has 332 valence electrons. The third-order valence-electron chi connectivity index (χ3n) is 8.10. The Morgan fingerprint density at radius 3 is 1.62 bits per heavy atom. The quantitative estimate of drug-likeness (QED) is 0.0107. The summed E-state index contributed by atoms with van der Waals surface area (Å²) < 4.78 is 80.6. The van der Waals surface area contributed by atoms with Crippen molar-refractivity contribution in [3.63, 3.8) is 0 Å². The van der Waals surface area contributed by atoms with Crippen molar-refractivity contribution in [2.24, 2.45) is 11.5 Å². The van der Waals surface area contributed by atoms with Crippen LogP contribution in [0, 0.1) is 23.3 Å². The van der Waals surface area contributed by atoms with E-state index < -0.39 is 52.8 Å². The number of halogens is 4. The lowest BCUT2D eigenvalue weighted by Gasteiger charge is -2.19.